The van der Waals surface area contributed by atoms with Crippen LogP contribution in [-0.2, 0) is 0 Å². The van der Waals surface area contributed by atoms with Crippen LogP contribution >= 0.6 is 11.3 Å². The summed E-state index contributed by atoms with van der Waals surface area (Å²) in [5.74, 6) is 0. The third kappa shape index (κ3) is 2.77. The van der Waals surface area contributed by atoms with Gasteiger partial charge in [-0.1, -0.05) is 12.1 Å². The number of aromatic nitrogens is 2. The highest BCUT2D eigenvalue weighted by Crippen LogP contribution is 2.36. The highest BCUT2D eigenvalue weighted by atomic mass is 32.1. The van der Waals surface area contributed by atoms with Gasteiger partial charge in [0.25, 0.3) is 0 Å². The molecule has 5 nitrogen and oxygen atoms in total. The standard InChI is InChI=1S/C17H16N4OS/c22-17(19-12-7-9-18-10-8-12)21-11-3-5-14(21)16-20-13-4-1-2-6-15(13)23-16/h1-2,4,6-10,14H,3,5,11H2,(H,18,19,22). The van der Waals surface area contributed by atoms with E-state index in [0.717, 1.165) is 35.6 Å². The Labute approximate surface area is 138 Å². The maximum atomic E-state index is 12.6. The number of thiazole rings is 1. The van der Waals surface area contributed by atoms with Crippen LogP contribution in [0.15, 0.2) is 48.8 Å². The van der Waals surface area contributed by atoms with Crippen molar-refractivity contribution < 1.29 is 4.79 Å². The monoisotopic (exact) mass is 324 g/mol. The molecule has 0 aliphatic carbocycles. The van der Waals surface area contributed by atoms with Crippen LogP contribution in [0.4, 0.5) is 10.5 Å². The topological polar surface area (TPSA) is 58.1 Å². The van der Waals surface area contributed by atoms with Crippen LogP contribution in [-0.4, -0.2) is 27.4 Å². The van der Waals surface area contributed by atoms with Crippen molar-refractivity contribution >= 4 is 33.3 Å². The first-order chi connectivity index (χ1) is 11.3. The normalized spacial score (nSPS) is 17.6. The predicted molar refractivity (Wildman–Crippen MR) is 91.6 cm³/mol. The number of carbonyl (C=O) groups excluding carboxylic acids is 1. The van der Waals surface area contributed by atoms with Gasteiger partial charge < -0.3 is 10.2 Å². The average molecular weight is 324 g/mol. The van der Waals surface area contributed by atoms with E-state index in [1.807, 2.05) is 23.1 Å². The summed E-state index contributed by atoms with van der Waals surface area (Å²) in [5, 5.41) is 3.96. The van der Waals surface area contributed by atoms with Crippen LogP contribution in [0.25, 0.3) is 10.2 Å². The number of likely N-dealkylation sites (tertiary alicyclic amines) is 1. The van der Waals surface area contributed by atoms with Crippen molar-refractivity contribution in [2.45, 2.75) is 18.9 Å². The number of carbonyl (C=O) groups is 1. The predicted octanol–water partition coefficient (Wildman–Crippen LogP) is 4.06. The van der Waals surface area contributed by atoms with Gasteiger partial charge in [0.05, 0.1) is 16.3 Å². The average Bonchev–Trinajstić information content (AvgIpc) is 3.22. The molecule has 1 N–H and O–H groups in total. The number of para-hydroxylation sites is 1. The van der Waals surface area contributed by atoms with E-state index in [4.69, 9.17) is 4.98 Å². The molecule has 0 bridgehead atoms. The lowest BCUT2D eigenvalue weighted by Crippen LogP contribution is -2.34. The van der Waals surface area contributed by atoms with E-state index in [1.165, 1.54) is 4.70 Å². The van der Waals surface area contributed by atoms with E-state index in [-0.39, 0.29) is 12.1 Å². The lowest BCUT2D eigenvalue weighted by atomic mass is 10.2. The summed E-state index contributed by atoms with van der Waals surface area (Å²) in [6.45, 7) is 0.761. The van der Waals surface area contributed by atoms with Gasteiger partial charge in [0.1, 0.15) is 5.01 Å². The lowest BCUT2D eigenvalue weighted by molar-refractivity contribution is 0.207. The minimum absolute atomic E-state index is 0.0641. The molecule has 0 radical (unpaired) electrons. The Kier molecular flexibility index (Phi) is 3.67. The first-order valence-corrected chi connectivity index (χ1v) is 8.46. The van der Waals surface area contributed by atoms with Gasteiger partial charge in [-0.05, 0) is 37.1 Å². The molecule has 0 spiro atoms. The fraction of sp³-hybridized carbons (Fsp3) is 0.235. The maximum Gasteiger partial charge on any atom is 0.322 e. The van der Waals surface area contributed by atoms with Crippen molar-refractivity contribution in [2.75, 3.05) is 11.9 Å². The SMILES string of the molecule is O=C(Nc1ccncc1)N1CCCC1c1nc2ccccc2s1. The van der Waals surface area contributed by atoms with E-state index in [0.29, 0.717) is 0 Å². The fourth-order valence-electron chi connectivity index (χ4n) is 2.93. The number of urea groups is 1. The van der Waals surface area contributed by atoms with Crippen LogP contribution in [0.3, 0.4) is 0 Å². The molecule has 3 heterocycles. The number of rotatable bonds is 2. The molecule has 1 saturated heterocycles. The highest BCUT2D eigenvalue weighted by Gasteiger charge is 2.32. The number of amides is 2. The van der Waals surface area contributed by atoms with Gasteiger partial charge in [0.15, 0.2) is 0 Å². The Morgan fingerprint density at radius 3 is 2.87 bits per heavy atom. The number of nitrogens with one attached hydrogen (secondary N) is 1. The van der Waals surface area contributed by atoms with Gasteiger partial charge in [0, 0.05) is 24.6 Å². The third-order valence-electron chi connectivity index (χ3n) is 4.04. The first-order valence-electron chi connectivity index (χ1n) is 7.64. The molecule has 116 valence electrons. The molecule has 1 aliphatic heterocycles. The number of pyridine rings is 1. The molecule has 2 amide bonds. The first kappa shape index (κ1) is 14.1. The van der Waals surface area contributed by atoms with Crippen LogP contribution in [0.1, 0.15) is 23.9 Å². The zero-order valence-electron chi connectivity index (χ0n) is 12.5. The summed E-state index contributed by atoms with van der Waals surface area (Å²) in [5.41, 5.74) is 1.77. The van der Waals surface area contributed by atoms with Crippen molar-refractivity contribution in [2.24, 2.45) is 0 Å². The molecule has 1 unspecified atom stereocenters. The molecule has 1 aliphatic rings. The van der Waals surface area contributed by atoms with Gasteiger partial charge in [-0.15, -0.1) is 11.3 Å². The molecule has 23 heavy (non-hydrogen) atoms. The van der Waals surface area contributed by atoms with Gasteiger partial charge in [0.2, 0.25) is 0 Å². The molecule has 6 heteroatoms. The van der Waals surface area contributed by atoms with Crippen LogP contribution in [0, 0.1) is 0 Å². The van der Waals surface area contributed by atoms with E-state index in [2.05, 4.69) is 16.4 Å². The zero-order valence-corrected chi connectivity index (χ0v) is 13.3. The van der Waals surface area contributed by atoms with Crippen molar-refractivity contribution in [3.05, 3.63) is 53.8 Å². The lowest BCUT2D eigenvalue weighted by Gasteiger charge is -2.23. The van der Waals surface area contributed by atoms with E-state index < -0.39 is 0 Å². The number of hydrogen-bond acceptors (Lipinski definition) is 4. The van der Waals surface area contributed by atoms with Crippen molar-refractivity contribution in [3.63, 3.8) is 0 Å². The zero-order chi connectivity index (χ0) is 15.6. The molecule has 4 rings (SSSR count). The summed E-state index contributed by atoms with van der Waals surface area (Å²) in [6.07, 6.45) is 5.31. The Hall–Kier alpha value is -2.47. The second-order valence-corrected chi connectivity index (χ2v) is 6.60. The summed E-state index contributed by atoms with van der Waals surface area (Å²) in [7, 11) is 0. The summed E-state index contributed by atoms with van der Waals surface area (Å²) in [4.78, 5) is 23.2. The van der Waals surface area contributed by atoms with Gasteiger partial charge >= 0.3 is 6.03 Å². The maximum absolute atomic E-state index is 12.6. The molecule has 3 aromatic rings. The Bertz CT molecular complexity index is 800. The van der Waals surface area contributed by atoms with Crippen LogP contribution in [0.2, 0.25) is 0 Å². The van der Waals surface area contributed by atoms with Crippen molar-refractivity contribution in [1.29, 1.82) is 0 Å². The highest BCUT2D eigenvalue weighted by molar-refractivity contribution is 7.18. The van der Waals surface area contributed by atoms with Gasteiger partial charge in [-0.25, -0.2) is 9.78 Å². The molecule has 2 aromatic heterocycles. The molecule has 1 atom stereocenters. The summed E-state index contributed by atoms with van der Waals surface area (Å²) in [6, 6.07) is 11.7. The van der Waals surface area contributed by atoms with Crippen molar-refractivity contribution in [1.82, 2.24) is 14.9 Å². The molecule has 0 saturated carbocycles. The largest absolute Gasteiger partial charge is 0.322 e. The molecule has 1 fully saturated rings. The number of fused-ring (bicyclic) bond motifs is 1. The third-order valence-corrected chi connectivity index (χ3v) is 5.18. The second kappa shape index (κ2) is 5.96. The minimum atomic E-state index is -0.0713. The molecule has 1 aromatic carbocycles. The van der Waals surface area contributed by atoms with E-state index in [1.54, 1.807) is 35.9 Å². The Balaban J connectivity index is 1.57. The Morgan fingerprint density at radius 2 is 2.04 bits per heavy atom. The number of hydrogen-bond donors (Lipinski definition) is 1. The van der Waals surface area contributed by atoms with Crippen molar-refractivity contribution in [3.8, 4) is 0 Å². The minimum Gasteiger partial charge on any atom is -0.315 e. The van der Waals surface area contributed by atoms with E-state index >= 15 is 0 Å². The smallest absolute Gasteiger partial charge is 0.315 e. The van der Waals surface area contributed by atoms with E-state index in [9.17, 15) is 4.79 Å². The number of anilines is 1. The van der Waals surface area contributed by atoms with Crippen LogP contribution < -0.4 is 5.32 Å². The van der Waals surface area contributed by atoms with Crippen LogP contribution in [0.5, 0.6) is 0 Å². The summed E-state index contributed by atoms with van der Waals surface area (Å²) < 4.78 is 1.17. The number of nitrogens with zero attached hydrogens (tertiary/aromatic N) is 3. The second-order valence-electron chi connectivity index (χ2n) is 5.54. The Morgan fingerprint density at radius 1 is 1.22 bits per heavy atom. The fourth-order valence-corrected chi connectivity index (χ4v) is 4.04. The van der Waals surface area contributed by atoms with Gasteiger partial charge in [-0.2, -0.15) is 0 Å². The summed E-state index contributed by atoms with van der Waals surface area (Å²) >= 11 is 1.68. The molecular formula is C17H16N4OS. The van der Waals surface area contributed by atoms with Gasteiger partial charge in [-0.3, -0.25) is 4.98 Å². The molecular weight excluding hydrogens is 308 g/mol. The number of benzene rings is 1. The quantitative estimate of drug-likeness (QED) is 0.773.